The van der Waals surface area contributed by atoms with Crippen LogP contribution in [0.3, 0.4) is 0 Å². The van der Waals surface area contributed by atoms with Gasteiger partial charge in [-0.15, -0.1) is 0 Å². The van der Waals surface area contributed by atoms with Crippen molar-refractivity contribution < 1.29 is 18.3 Å². The second-order valence-electron chi connectivity index (χ2n) is 11.3. The molecule has 2 aliphatic heterocycles. The molecule has 1 N–H and O–H groups in total. The molecule has 0 radical (unpaired) electrons. The van der Waals surface area contributed by atoms with Gasteiger partial charge in [0, 0.05) is 44.7 Å². The number of benzene rings is 1. The van der Waals surface area contributed by atoms with E-state index in [1.807, 2.05) is 31.4 Å². The number of carbonyl (C=O) groups excluding carboxylic acids is 1. The number of amides is 1. The van der Waals surface area contributed by atoms with Gasteiger partial charge in [0.25, 0.3) is 0 Å². The number of pyridine rings is 1. The summed E-state index contributed by atoms with van der Waals surface area (Å²) in [5.41, 5.74) is 1.64. The average molecular weight is 563 g/mol. The number of hydrogen-bond donors (Lipinski definition) is 1. The molecule has 12 heteroatoms. The third-order valence-electron chi connectivity index (χ3n) is 7.22. The molecule has 3 aromatic heterocycles. The molecule has 1 saturated heterocycles. The first-order chi connectivity index (χ1) is 19.6. The van der Waals surface area contributed by atoms with Gasteiger partial charge in [-0.25, -0.2) is 33.5 Å². The SMILES string of the molecule is CC(C)(C)OC(=O)N1CCN(c2ccc(Nc3ncc(F)c(-c4cc(F)c5nc6n(c5c4)CCCC6)n3)nc2)CC1. The van der Waals surface area contributed by atoms with Gasteiger partial charge in [0.05, 0.1) is 23.6 Å². The maximum absolute atomic E-state index is 15.0. The normalized spacial score (nSPS) is 15.6. The van der Waals surface area contributed by atoms with Crippen LogP contribution >= 0.6 is 0 Å². The van der Waals surface area contributed by atoms with Gasteiger partial charge in [-0.05, 0) is 57.9 Å². The fourth-order valence-corrected chi connectivity index (χ4v) is 5.22. The third kappa shape index (κ3) is 5.63. The molecule has 0 atom stereocenters. The number of nitrogens with zero attached hydrogens (tertiary/aromatic N) is 7. The first-order valence-electron chi connectivity index (χ1n) is 13.8. The van der Waals surface area contributed by atoms with Crippen LogP contribution in [0.25, 0.3) is 22.3 Å². The number of imidazole rings is 1. The van der Waals surface area contributed by atoms with Crippen LogP contribution in [0.15, 0.2) is 36.7 Å². The summed E-state index contributed by atoms with van der Waals surface area (Å²) in [5.74, 6) is 0.318. The summed E-state index contributed by atoms with van der Waals surface area (Å²) in [6.07, 6.45) is 5.30. The van der Waals surface area contributed by atoms with Crippen LogP contribution in [0.1, 0.15) is 39.4 Å². The number of fused-ring (bicyclic) bond motifs is 3. The molecule has 41 heavy (non-hydrogen) atoms. The van der Waals surface area contributed by atoms with Crippen molar-refractivity contribution in [1.29, 1.82) is 0 Å². The van der Waals surface area contributed by atoms with Crippen molar-refractivity contribution in [3.05, 3.63) is 54.1 Å². The molecule has 5 heterocycles. The molecule has 4 aromatic rings. The maximum Gasteiger partial charge on any atom is 0.410 e. The van der Waals surface area contributed by atoms with Crippen LogP contribution in [-0.4, -0.2) is 67.3 Å². The highest BCUT2D eigenvalue weighted by molar-refractivity contribution is 5.83. The number of halogens is 2. The first kappa shape index (κ1) is 26.9. The van der Waals surface area contributed by atoms with Gasteiger partial charge < -0.3 is 24.4 Å². The van der Waals surface area contributed by atoms with Crippen LogP contribution in [0, 0.1) is 11.6 Å². The van der Waals surface area contributed by atoms with E-state index in [9.17, 15) is 9.18 Å². The van der Waals surface area contributed by atoms with E-state index in [1.165, 1.54) is 6.07 Å². The fourth-order valence-electron chi connectivity index (χ4n) is 5.22. The Bertz CT molecular complexity index is 1590. The molecule has 1 fully saturated rings. The molecule has 6 rings (SSSR count). The van der Waals surface area contributed by atoms with Gasteiger partial charge in [-0.2, -0.15) is 0 Å². The summed E-state index contributed by atoms with van der Waals surface area (Å²) in [4.78, 5) is 33.5. The minimum atomic E-state index is -0.651. The van der Waals surface area contributed by atoms with Crippen molar-refractivity contribution in [2.24, 2.45) is 0 Å². The molecular formula is C29H32F2N8O2. The van der Waals surface area contributed by atoms with Crippen molar-refractivity contribution >= 4 is 34.6 Å². The summed E-state index contributed by atoms with van der Waals surface area (Å²) in [5, 5.41) is 3.01. The highest BCUT2D eigenvalue weighted by Gasteiger charge is 2.26. The molecule has 0 aliphatic carbocycles. The molecule has 0 saturated carbocycles. The van der Waals surface area contributed by atoms with Crippen molar-refractivity contribution in [3.8, 4) is 11.3 Å². The highest BCUT2D eigenvalue weighted by Crippen LogP contribution is 2.31. The van der Waals surface area contributed by atoms with E-state index in [4.69, 9.17) is 4.74 Å². The van der Waals surface area contributed by atoms with Crippen LogP contribution in [0.2, 0.25) is 0 Å². The Balaban J connectivity index is 1.15. The number of anilines is 3. The van der Waals surface area contributed by atoms with Crippen molar-refractivity contribution in [3.63, 3.8) is 0 Å². The van der Waals surface area contributed by atoms with Gasteiger partial charge in [-0.1, -0.05) is 0 Å². The predicted octanol–water partition coefficient (Wildman–Crippen LogP) is 5.30. The summed E-state index contributed by atoms with van der Waals surface area (Å²) >= 11 is 0. The smallest absolute Gasteiger partial charge is 0.410 e. The maximum atomic E-state index is 15.0. The molecule has 10 nitrogen and oxygen atoms in total. The lowest BCUT2D eigenvalue weighted by atomic mass is 10.1. The lowest BCUT2D eigenvalue weighted by molar-refractivity contribution is 0.0240. The number of nitrogens with one attached hydrogen (secondary N) is 1. The Morgan fingerprint density at radius 1 is 0.951 bits per heavy atom. The molecule has 0 unspecified atom stereocenters. The van der Waals surface area contributed by atoms with Gasteiger partial charge in [0.1, 0.15) is 28.5 Å². The van der Waals surface area contributed by atoms with Crippen LogP contribution in [0.4, 0.5) is 31.0 Å². The lowest BCUT2D eigenvalue weighted by Gasteiger charge is -2.36. The number of rotatable bonds is 4. The first-order valence-corrected chi connectivity index (χ1v) is 13.8. The fraction of sp³-hybridized carbons (Fsp3) is 0.414. The zero-order valence-corrected chi connectivity index (χ0v) is 23.3. The number of aryl methyl sites for hydroxylation is 2. The predicted molar refractivity (Wildman–Crippen MR) is 151 cm³/mol. The summed E-state index contributed by atoms with van der Waals surface area (Å²) in [7, 11) is 0. The molecule has 214 valence electrons. The Labute approximate surface area is 236 Å². The molecule has 1 amide bonds. The van der Waals surface area contributed by atoms with Crippen LogP contribution in [-0.2, 0) is 17.7 Å². The largest absolute Gasteiger partial charge is 0.444 e. The summed E-state index contributed by atoms with van der Waals surface area (Å²) in [6, 6.07) is 6.71. The number of carbonyl (C=O) groups is 1. The molecular weight excluding hydrogens is 530 g/mol. The quantitative estimate of drug-likeness (QED) is 0.358. The standard InChI is InChI=1S/C29H32F2N8O2/c1-29(2,3)41-28(40)38-12-10-37(11-13-38)19-7-8-23(32-16-19)34-27-33-17-21(31)25(36-27)18-14-20(30)26-22(15-18)39-9-5-4-6-24(39)35-26/h7-8,14-17H,4-6,9-13H2,1-3H3,(H,32,33,34,36). The van der Waals surface area contributed by atoms with E-state index >= 15 is 4.39 Å². The zero-order chi connectivity index (χ0) is 28.7. The number of hydrogen-bond acceptors (Lipinski definition) is 8. The average Bonchev–Trinajstić information content (AvgIpc) is 3.33. The highest BCUT2D eigenvalue weighted by atomic mass is 19.1. The monoisotopic (exact) mass is 562 g/mol. The molecule has 1 aromatic carbocycles. The third-order valence-corrected chi connectivity index (χ3v) is 7.22. The second-order valence-corrected chi connectivity index (χ2v) is 11.3. The van der Waals surface area contributed by atoms with Gasteiger partial charge in [-0.3, -0.25) is 0 Å². The van der Waals surface area contributed by atoms with E-state index in [0.717, 1.165) is 43.5 Å². The van der Waals surface area contributed by atoms with Gasteiger partial charge >= 0.3 is 6.09 Å². The van der Waals surface area contributed by atoms with Gasteiger partial charge in [0.2, 0.25) is 5.95 Å². The Hall–Kier alpha value is -4.35. The number of ether oxygens (including phenoxy) is 1. The van der Waals surface area contributed by atoms with E-state index in [-0.39, 0.29) is 17.7 Å². The van der Waals surface area contributed by atoms with E-state index in [0.29, 0.717) is 48.6 Å². The Kier molecular flexibility index (Phi) is 6.92. The van der Waals surface area contributed by atoms with Crippen molar-refractivity contribution in [1.82, 2.24) is 29.4 Å². The van der Waals surface area contributed by atoms with Crippen molar-refractivity contribution in [2.45, 2.75) is 52.2 Å². The Morgan fingerprint density at radius 3 is 2.49 bits per heavy atom. The summed E-state index contributed by atoms with van der Waals surface area (Å²) < 4.78 is 37.3. The molecule has 0 bridgehead atoms. The zero-order valence-electron chi connectivity index (χ0n) is 23.3. The van der Waals surface area contributed by atoms with E-state index in [2.05, 4.69) is 30.2 Å². The lowest BCUT2D eigenvalue weighted by Crippen LogP contribution is -2.50. The second kappa shape index (κ2) is 10.6. The molecule has 0 spiro atoms. The number of aromatic nitrogens is 5. The molecule has 2 aliphatic rings. The topological polar surface area (TPSA) is 101 Å². The van der Waals surface area contributed by atoms with Crippen LogP contribution in [0.5, 0.6) is 0 Å². The Morgan fingerprint density at radius 2 is 1.76 bits per heavy atom. The van der Waals surface area contributed by atoms with Gasteiger partial charge in [0.15, 0.2) is 11.6 Å². The van der Waals surface area contributed by atoms with Crippen LogP contribution < -0.4 is 10.2 Å². The minimum absolute atomic E-state index is 0.00543. The van der Waals surface area contributed by atoms with E-state index < -0.39 is 17.2 Å². The number of piperazine rings is 1. The van der Waals surface area contributed by atoms with Crippen molar-refractivity contribution in [2.75, 3.05) is 36.4 Å². The summed E-state index contributed by atoms with van der Waals surface area (Å²) in [6.45, 7) is 8.73. The van der Waals surface area contributed by atoms with E-state index in [1.54, 1.807) is 23.2 Å². The minimum Gasteiger partial charge on any atom is -0.444 e.